The molecule has 0 aromatic carbocycles. The van der Waals surface area contributed by atoms with Gasteiger partial charge in [-0.1, -0.05) is 13.8 Å². The zero-order valence-electron chi connectivity index (χ0n) is 8.17. The van der Waals surface area contributed by atoms with Crippen molar-refractivity contribution in [2.75, 3.05) is 18.1 Å². The van der Waals surface area contributed by atoms with Crippen LogP contribution in [0.5, 0.6) is 0 Å². The third-order valence-corrected chi connectivity index (χ3v) is 4.43. The molecule has 0 bridgehead atoms. The van der Waals surface area contributed by atoms with Gasteiger partial charge in [-0.15, -0.1) is 0 Å². The Labute approximate surface area is 83.1 Å². The molecular weight excluding hydrogens is 184 g/mol. The second-order valence-electron chi connectivity index (χ2n) is 4.46. The Morgan fingerprint density at radius 1 is 1.54 bits per heavy atom. The van der Waals surface area contributed by atoms with E-state index >= 15 is 0 Å². The van der Waals surface area contributed by atoms with Crippen molar-refractivity contribution in [2.24, 2.45) is 16.1 Å². The number of aliphatic imine (C=N–C) groups is 1. The SMILES string of the molecule is CC1(C)CCSCC12COC(N)=N2. The maximum Gasteiger partial charge on any atom is 0.282 e. The van der Waals surface area contributed by atoms with Gasteiger partial charge in [0.2, 0.25) is 0 Å². The van der Waals surface area contributed by atoms with Gasteiger partial charge in [0.25, 0.3) is 6.02 Å². The Morgan fingerprint density at radius 2 is 2.31 bits per heavy atom. The monoisotopic (exact) mass is 200 g/mol. The Morgan fingerprint density at radius 3 is 2.85 bits per heavy atom. The number of nitrogens with zero attached hydrogens (tertiary/aromatic N) is 1. The third-order valence-electron chi connectivity index (χ3n) is 3.26. The molecule has 1 fully saturated rings. The quantitative estimate of drug-likeness (QED) is 0.640. The third kappa shape index (κ3) is 1.31. The number of amidine groups is 1. The summed E-state index contributed by atoms with van der Waals surface area (Å²) in [6, 6.07) is 0.371. The first-order valence-corrected chi connectivity index (χ1v) is 5.77. The molecule has 2 aliphatic heterocycles. The molecule has 2 heterocycles. The molecule has 4 heteroatoms. The number of thioether (sulfide) groups is 1. The van der Waals surface area contributed by atoms with Crippen molar-refractivity contribution >= 4 is 17.8 Å². The van der Waals surface area contributed by atoms with Gasteiger partial charge in [0.1, 0.15) is 12.1 Å². The number of hydrogen-bond donors (Lipinski definition) is 1. The summed E-state index contributed by atoms with van der Waals surface area (Å²) < 4.78 is 5.30. The van der Waals surface area contributed by atoms with Crippen molar-refractivity contribution in [1.82, 2.24) is 0 Å². The molecule has 1 saturated heterocycles. The molecule has 0 aromatic rings. The molecule has 13 heavy (non-hydrogen) atoms. The van der Waals surface area contributed by atoms with Gasteiger partial charge in [-0.2, -0.15) is 11.8 Å². The number of rotatable bonds is 0. The van der Waals surface area contributed by atoms with Gasteiger partial charge in [-0.3, -0.25) is 0 Å². The highest BCUT2D eigenvalue weighted by atomic mass is 32.2. The summed E-state index contributed by atoms with van der Waals surface area (Å²) >= 11 is 1.95. The van der Waals surface area contributed by atoms with E-state index in [4.69, 9.17) is 10.5 Å². The minimum absolute atomic E-state index is 0.0556. The van der Waals surface area contributed by atoms with E-state index in [1.54, 1.807) is 0 Å². The van der Waals surface area contributed by atoms with Crippen molar-refractivity contribution in [3.63, 3.8) is 0 Å². The van der Waals surface area contributed by atoms with Crippen LogP contribution in [-0.4, -0.2) is 29.7 Å². The molecule has 2 aliphatic rings. The maximum absolute atomic E-state index is 5.58. The molecule has 0 amide bonds. The molecule has 74 valence electrons. The van der Waals surface area contributed by atoms with Crippen molar-refractivity contribution < 1.29 is 4.74 Å². The average molecular weight is 200 g/mol. The van der Waals surface area contributed by atoms with Gasteiger partial charge in [0.15, 0.2) is 0 Å². The van der Waals surface area contributed by atoms with E-state index in [9.17, 15) is 0 Å². The number of hydrogen-bond acceptors (Lipinski definition) is 4. The van der Waals surface area contributed by atoms with Crippen LogP contribution < -0.4 is 5.73 Å². The summed E-state index contributed by atoms with van der Waals surface area (Å²) in [5.74, 6) is 2.27. The zero-order valence-corrected chi connectivity index (χ0v) is 8.99. The van der Waals surface area contributed by atoms with Gasteiger partial charge >= 0.3 is 0 Å². The van der Waals surface area contributed by atoms with E-state index in [2.05, 4.69) is 18.8 Å². The Balaban J connectivity index is 2.29. The van der Waals surface area contributed by atoms with Crippen LogP contribution in [0.1, 0.15) is 20.3 Å². The number of ether oxygens (including phenoxy) is 1. The molecule has 1 spiro atoms. The fourth-order valence-electron chi connectivity index (χ4n) is 1.89. The van der Waals surface area contributed by atoms with Crippen LogP contribution in [0.4, 0.5) is 0 Å². The minimum atomic E-state index is -0.0556. The fourth-order valence-corrected chi connectivity index (χ4v) is 3.56. The van der Waals surface area contributed by atoms with E-state index in [1.165, 1.54) is 12.2 Å². The fraction of sp³-hybridized carbons (Fsp3) is 0.889. The van der Waals surface area contributed by atoms with Crippen molar-refractivity contribution in [3.05, 3.63) is 0 Å². The molecule has 2 rings (SSSR count). The first-order chi connectivity index (χ1) is 6.06. The summed E-state index contributed by atoms with van der Waals surface area (Å²) in [6.45, 7) is 5.19. The lowest BCUT2D eigenvalue weighted by molar-refractivity contribution is 0.132. The van der Waals surface area contributed by atoms with Crippen molar-refractivity contribution in [2.45, 2.75) is 25.8 Å². The molecule has 2 N–H and O–H groups in total. The van der Waals surface area contributed by atoms with Gasteiger partial charge in [-0.25, -0.2) is 4.99 Å². The summed E-state index contributed by atoms with van der Waals surface area (Å²) in [5.41, 5.74) is 5.75. The largest absolute Gasteiger partial charge is 0.463 e. The summed E-state index contributed by atoms with van der Waals surface area (Å²) in [6.07, 6.45) is 1.19. The molecule has 1 atom stereocenters. The average Bonchev–Trinajstić information content (AvgIpc) is 2.41. The van der Waals surface area contributed by atoms with E-state index in [0.717, 1.165) is 5.75 Å². The molecule has 3 nitrogen and oxygen atoms in total. The van der Waals surface area contributed by atoms with Crippen LogP contribution in [-0.2, 0) is 4.74 Å². The summed E-state index contributed by atoms with van der Waals surface area (Å²) in [7, 11) is 0. The normalized spacial score (nSPS) is 37.2. The van der Waals surface area contributed by atoms with E-state index in [1.807, 2.05) is 11.8 Å². The first-order valence-electron chi connectivity index (χ1n) is 4.62. The predicted octanol–water partition coefficient (Wildman–Crippen LogP) is 1.23. The lowest BCUT2D eigenvalue weighted by atomic mass is 9.72. The van der Waals surface area contributed by atoms with Gasteiger partial charge in [0, 0.05) is 5.75 Å². The van der Waals surface area contributed by atoms with Crippen LogP contribution in [0, 0.1) is 5.41 Å². The number of nitrogens with two attached hydrogens (primary N) is 1. The highest BCUT2D eigenvalue weighted by Gasteiger charge is 2.50. The first kappa shape index (κ1) is 9.19. The standard InChI is InChI=1S/C9H16N2OS/c1-8(2)3-4-13-6-9(8)5-12-7(10)11-9/h3-6H2,1-2H3,(H2,10,11). The summed E-state index contributed by atoms with van der Waals surface area (Å²) in [4.78, 5) is 4.48. The van der Waals surface area contributed by atoms with Crippen LogP contribution in [0.2, 0.25) is 0 Å². The second-order valence-corrected chi connectivity index (χ2v) is 5.56. The lowest BCUT2D eigenvalue weighted by Crippen LogP contribution is -2.49. The van der Waals surface area contributed by atoms with Gasteiger partial charge < -0.3 is 10.5 Å². The predicted molar refractivity (Wildman–Crippen MR) is 56.0 cm³/mol. The molecule has 0 aliphatic carbocycles. The Kier molecular flexibility index (Phi) is 1.98. The van der Waals surface area contributed by atoms with Crippen LogP contribution in [0.3, 0.4) is 0 Å². The summed E-state index contributed by atoms with van der Waals surface area (Å²) in [5, 5.41) is 0. The molecule has 1 unspecified atom stereocenters. The smallest absolute Gasteiger partial charge is 0.282 e. The zero-order chi connectivity index (χ0) is 9.53. The molecular formula is C9H16N2OS. The van der Waals surface area contributed by atoms with E-state index < -0.39 is 0 Å². The molecule has 0 saturated carbocycles. The van der Waals surface area contributed by atoms with E-state index in [-0.39, 0.29) is 11.0 Å². The maximum atomic E-state index is 5.58. The van der Waals surface area contributed by atoms with Crippen molar-refractivity contribution in [1.29, 1.82) is 0 Å². The topological polar surface area (TPSA) is 47.6 Å². The highest BCUT2D eigenvalue weighted by Crippen LogP contribution is 2.46. The van der Waals surface area contributed by atoms with Crippen LogP contribution >= 0.6 is 11.8 Å². The second kappa shape index (κ2) is 2.80. The van der Waals surface area contributed by atoms with Gasteiger partial charge in [0.05, 0.1) is 0 Å². The lowest BCUT2D eigenvalue weighted by Gasteiger charge is -2.43. The molecule has 0 aromatic heterocycles. The highest BCUT2D eigenvalue weighted by molar-refractivity contribution is 7.99. The van der Waals surface area contributed by atoms with Crippen LogP contribution in [0.25, 0.3) is 0 Å². The molecule has 0 radical (unpaired) electrons. The Bertz CT molecular complexity index is 252. The minimum Gasteiger partial charge on any atom is -0.463 e. The Hall–Kier alpha value is -0.380. The van der Waals surface area contributed by atoms with Crippen LogP contribution in [0.15, 0.2) is 4.99 Å². The van der Waals surface area contributed by atoms with Gasteiger partial charge in [-0.05, 0) is 17.6 Å². The van der Waals surface area contributed by atoms with E-state index in [0.29, 0.717) is 12.6 Å². The van der Waals surface area contributed by atoms with Crippen molar-refractivity contribution in [3.8, 4) is 0 Å².